The first-order valence-electron chi connectivity index (χ1n) is 3.84. The maximum atomic E-state index is 4.56. The van der Waals surface area contributed by atoms with Crippen molar-refractivity contribution in [2.75, 3.05) is 13.6 Å². The van der Waals surface area contributed by atoms with Gasteiger partial charge in [-0.15, -0.1) is 0 Å². The quantitative estimate of drug-likeness (QED) is 0.561. The molecule has 60 valence electrons. The van der Waals surface area contributed by atoms with Crippen molar-refractivity contribution in [2.24, 2.45) is 0 Å². The van der Waals surface area contributed by atoms with Crippen molar-refractivity contribution in [2.45, 2.75) is 31.1 Å². The van der Waals surface area contributed by atoms with E-state index in [2.05, 4.69) is 30.0 Å². The van der Waals surface area contributed by atoms with Crippen molar-refractivity contribution < 1.29 is 0 Å². The van der Waals surface area contributed by atoms with Crippen molar-refractivity contribution in [3.8, 4) is 0 Å². The third kappa shape index (κ3) is 1.65. The lowest BCUT2D eigenvalue weighted by atomic mass is 10.1. The fourth-order valence-corrected chi connectivity index (χ4v) is 1.82. The molecule has 0 aromatic carbocycles. The Morgan fingerprint density at radius 2 is 2.20 bits per heavy atom. The Balaban J connectivity index is 2.51. The molecule has 0 spiro atoms. The van der Waals surface area contributed by atoms with Gasteiger partial charge < -0.3 is 0 Å². The molecule has 1 heterocycles. The zero-order chi connectivity index (χ0) is 7.61. The van der Waals surface area contributed by atoms with Crippen LogP contribution in [0.15, 0.2) is 0 Å². The van der Waals surface area contributed by atoms with Gasteiger partial charge in [0.25, 0.3) is 0 Å². The van der Waals surface area contributed by atoms with Crippen LogP contribution in [0.2, 0.25) is 0 Å². The molecule has 0 amide bonds. The van der Waals surface area contributed by atoms with Gasteiger partial charge in [-0.05, 0) is 33.2 Å². The highest BCUT2D eigenvalue weighted by Gasteiger charge is 2.29. The highest BCUT2D eigenvalue weighted by atomic mass is 32.1. The minimum atomic E-state index is 0.0625. The summed E-state index contributed by atoms with van der Waals surface area (Å²) in [5.41, 5.74) is 3.15. The predicted molar refractivity (Wildman–Crippen MR) is 47.0 cm³/mol. The summed E-state index contributed by atoms with van der Waals surface area (Å²) in [6, 6.07) is 0. The fourth-order valence-electron chi connectivity index (χ4n) is 1.46. The summed E-state index contributed by atoms with van der Waals surface area (Å²) in [5, 5.41) is 2.19. The number of thiol groups is 1. The number of nitrogens with one attached hydrogen (secondary N) is 1. The van der Waals surface area contributed by atoms with Gasteiger partial charge in [0.05, 0.1) is 4.87 Å². The zero-order valence-electron chi connectivity index (χ0n) is 6.72. The maximum absolute atomic E-state index is 4.56. The molecule has 1 saturated heterocycles. The summed E-state index contributed by atoms with van der Waals surface area (Å²) >= 11 is 4.56. The van der Waals surface area contributed by atoms with E-state index in [0.29, 0.717) is 0 Å². The summed E-state index contributed by atoms with van der Waals surface area (Å²) in [4.78, 5) is 0.0625. The van der Waals surface area contributed by atoms with E-state index in [4.69, 9.17) is 0 Å². The molecule has 3 heteroatoms. The van der Waals surface area contributed by atoms with Crippen LogP contribution in [-0.4, -0.2) is 23.5 Å². The Kier molecular flexibility index (Phi) is 2.61. The lowest BCUT2D eigenvalue weighted by Gasteiger charge is -2.40. The maximum Gasteiger partial charge on any atom is 0.0747 e. The van der Waals surface area contributed by atoms with E-state index in [9.17, 15) is 0 Å². The van der Waals surface area contributed by atoms with Gasteiger partial charge in [0.1, 0.15) is 0 Å². The van der Waals surface area contributed by atoms with Crippen LogP contribution < -0.4 is 5.43 Å². The van der Waals surface area contributed by atoms with Crippen LogP contribution in [0.3, 0.4) is 0 Å². The molecule has 0 radical (unpaired) electrons. The standard InChI is InChI=1S/C7H16N2S/c1-7(10)5-3-4-6-9(7)8-2/h8,10H,3-6H2,1-2H3. The first-order chi connectivity index (χ1) is 4.67. The van der Waals surface area contributed by atoms with E-state index in [1.54, 1.807) is 0 Å². The molecular formula is C7H16N2S. The highest BCUT2D eigenvalue weighted by Crippen LogP contribution is 2.28. The average molecular weight is 160 g/mol. The summed E-state index contributed by atoms with van der Waals surface area (Å²) < 4.78 is 0. The third-order valence-electron chi connectivity index (χ3n) is 2.13. The van der Waals surface area contributed by atoms with Crippen LogP contribution >= 0.6 is 12.6 Å². The topological polar surface area (TPSA) is 15.3 Å². The van der Waals surface area contributed by atoms with Crippen LogP contribution in [-0.2, 0) is 0 Å². The second kappa shape index (κ2) is 3.11. The first kappa shape index (κ1) is 8.37. The third-order valence-corrected chi connectivity index (χ3v) is 2.60. The van der Waals surface area contributed by atoms with Crippen molar-refractivity contribution in [1.29, 1.82) is 0 Å². The van der Waals surface area contributed by atoms with E-state index < -0.39 is 0 Å². The van der Waals surface area contributed by atoms with Gasteiger partial charge in [-0.2, -0.15) is 12.6 Å². The monoisotopic (exact) mass is 160 g/mol. The molecule has 0 bridgehead atoms. The lowest BCUT2D eigenvalue weighted by Crippen LogP contribution is -2.51. The summed E-state index contributed by atoms with van der Waals surface area (Å²) in [5.74, 6) is 0. The zero-order valence-corrected chi connectivity index (χ0v) is 7.62. The molecule has 1 atom stereocenters. The van der Waals surface area contributed by atoms with Gasteiger partial charge in [0.2, 0.25) is 0 Å². The Labute approximate surface area is 68.4 Å². The second-order valence-electron chi connectivity index (χ2n) is 3.05. The van der Waals surface area contributed by atoms with E-state index >= 15 is 0 Å². The minimum Gasteiger partial charge on any atom is -0.257 e. The Morgan fingerprint density at radius 3 is 2.60 bits per heavy atom. The van der Waals surface area contributed by atoms with E-state index in [1.807, 2.05) is 7.05 Å². The predicted octanol–water partition coefficient (Wildman–Crippen LogP) is 1.25. The van der Waals surface area contributed by atoms with Crippen LogP contribution in [0.5, 0.6) is 0 Å². The van der Waals surface area contributed by atoms with Crippen molar-refractivity contribution in [3.05, 3.63) is 0 Å². The minimum absolute atomic E-state index is 0.0625. The Bertz CT molecular complexity index is 114. The van der Waals surface area contributed by atoms with Crippen LogP contribution in [0, 0.1) is 0 Å². The van der Waals surface area contributed by atoms with Gasteiger partial charge in [0, 0.05) is 6.54 Å². The smallest absolute Gasteiger partial charge is 0.0747 e. The number of hydrogen-bond acceptors (Lipinski definition) is 3. The average Bonchev–Trinajstić information content (AvgIpc) is 1.87. The molecule has 1 unspecified atom stereocenters. The number of hydrazine groups is 1. The molecule has 10 heavy (non-hydrogen) atoms. The normalized spacial score (nSPS) is 36.3. The first-order valence-corrected chi connectivity index (χ1v) is 4.29. The van der Waals surface area contributed by atoms with E-state index in [0.717, 1.165) is 6.54 Å². The molecule has 0 aliphatic carbocycles. The van der Waals surface area contributed by atoms with Crippen LogP contribution in [0.4, 0.5) is 0 Å². The van der Waals surface area contributed by atoms with Gasteiger partial charge in [-0.3, -0.25) is 5.43 Å². The number of nitrogens with zero attached hydrogens (tertiary/aromatic N) is 1. The van der Waals surface area contributed by atoms with E-state index in [1.165, 1.54) is 19.3 Å². The molecular weight excluding hydrogens is 144 g/mol. The molecule has 1 rings (SSSR count). The molecule has 0 aromatic rings. The lowest BCUT2D eigenvalue weighted by molar-refractivity contribution is 0.0876. The molecule has 2 nitrogen and oxygen atoms in total. The Hall–Kier alpha value is 0.270. The van der Waals surface area contributed by atoms with Gasteiger partial charge in [0.15, 0.2) is 0 Å². The number of hydrogen-bond donors (Lipinski definition) is 2. The van der Waals surface area contributed by atoms with Crippen LogP contribution in [0.25, 0.3) is 0 Å². The van der Waals surface area contributed by atoms with E-state index in [-0.39, 0.29) is 4.87 Å². The van der Waals surface area contributed by atoms with Crippen molar-refractivity contribution in [1.82, 2.24) is 10.4 Å². The summed E-state index contributed by atoms with van der Waals surface area (Å²) in [7, 11) is 1.96. The molecule has 1 aliphatic rings. The second-order valence-corrected chi connectivity index (χ2v) is 4.01. The SMILES string of the molecule is CNN1CCCCC1(C)S. The Morgan fingerprint density at radius 1 is 1.50 bits per heavy atom. The highest BCUT2D eigenvalue weighted by molar-refractivity contribution is 7.81. The number of rotatable bonds is 1. The number of piperidine rings is 1. The molecule has 1 N–H and O–H groups in total. The van der Waals surface area contributed by atoms with Gasteiger partial charge in [-0.25, -0.2) is 5.01 Å². The van der Waals surface area contributed by atoms with Crippen molar-refractivity contribution >= 4 is 12.6 Å². The molecule has 1 aliphatic heterocycles. The van der Waals surface area contributed by atoms with Crippen molar-refractivity contribution in [3.63, 3.8) is 0 Å². The molecule has 0 saturated carbocycles. The van der Waals surface area contributed by atoms with Crippen LogP contribution in [0.1, 0.15) is 26.2 Å². The fraction of sp³-hybridized carbons (Fsp3) is 1.00. The molecule has 0 aromatic heterocycles. The van der Waals surface area contributed by atoms with Gasteiger partial charge >= 0.3 is 0 Å². The summed E-state index contributed by atoms with van der Waals surface area (Å²) in [6.07, 6.45) is 3.77. The molecule has 1 fully saturated rings. The largest absolute Gasteiger partial charge is 0.257 e. The van der Waals surface area contributed by atoms with Gasteiger partial charge in [-0.1, -0.05) is 0 Å². The summed E-state index contributed by atoms with van der Waals surface area (Å²) in [6.45, 7) is 3.28.